The van der Waals surface area contributed by atoms with Crippen LogP contribution in [0.2, 0.25) is 77.1 Å². The van der Waals surface area contributed by atoms with Crippen LogP contribution in [-0.4, -0.2) is 287 Å². The number of nitrogen functional groups attached to an aromatic ring is 2. The van der Waals surface area contributed by atoms with E-state index in [0.717, 1.165) is 58.0 Å². The van der Waals surface area contributed by atoms with Crippen molar-refractivity contribution in [3.63, 3.8) is 0 Å². The summed E-state index contributed by atoms with van der Waals surface area (Å²) in [7, 11) is 4.49. The van der Waals surface area contributed by atoms with E-state index in [2.05, 4.69) is 224 Å². The molecule has 0 saturated heterocycles. The second kappa shape index (κ2) is 59.9. The van der Waals surface area contributed by atoms with Crippen molar-refractivity contribution in [2.45, 2.75) is 286 Å². The van der Waals surface area contributed by atoms with E-state index in [1.165, 1.54) is 40.9 Å². The molecule has 4 amide bonds. The van der Waals surface area contributed by atoms with Gasteiger partial charge in [0.25, 0.3) is 0 Å². The first-order chi connectivity index (χ1) is 70.2. The first kappa shape index (κ1) is 128. The van der Waals surface area contributed by atoms with E-state index >= 15 is 0 Å². The Morgan fingerprint density at radius 3 is 1.19 bits per heavy atom. The quantitative estimate of drug-likeness (QED) is 0.00492. The zero-order valence-electron chi connectivity index (χ0n) is 91.0. The third-order valence-corrected chi connectivity index (χ3v) is 30.9. The van der Waals surface area contributed by atoms with Gasteiger partial charge in [0, 0.05) is 142 Å². The molecular formula is C96H151Br3CuN30O13S3Si3. The molecule has 10 aromatic heterocycles. The Kier molecular flexibility index (Phi) is 51.3. The van der Waals surface area contributed by atoms with E-state index in [4.69, 9.17) is 55.8 Å². The summed E-state index contributed by atoms with van der Waals surface area (Å²) in [4.78, 5) is 149. The molecule has 0 saturated carbocycles. The van der Waals surface area contributed by atoms with Gasteiger partial charge >= 0.3 is 45.5 Å². The van der Waals surface area contributed by atoms with Crippen molar-refractivity contribution in [2.24, 2.45) is 11.5 Å². The van der Waals surface area contributed by atoms with Crippen LogP contribution in [0.5, 0.6) is 0 Å². The van der Waals surface area contributed by atoms with Crippen molar-refractivity contribution in [2.75, 3.05) is 119 Å². The number of ether oxygens (including phenoxy) is 4. The van der Waals surface area contributed by atoms with Gasteiger partial charge in [0.2, 0.25) is 29.4 Å². The third kappa shape index (κ3) is 35.0. The minimum absolute atomic E-state index is 0.000000000000000222. The first-order valence-corrected chi connectivity index (χ1v) is 67.8. The maximum atomic E-state index is 13.3. The number of aliphatic hydroxyl groups excluding tert-OH is 2. The monoisotopic (exact) mass is 2410 g/mol. The molecule has 0 fully saturated rings. The molecular weight excluding hydrogens is 2260 g/mol. The number of thiocarbonyl (C=S) groups is 1. The van der Waals surface area contributed by atoms with Gasteiger partial charge in [0.05, 0.1) is 49.2 Å². The number of nitrogens with two attached hydrogens (primary N) is 4. The van der Waals surface area contributed by atoms with E-state index in [1.54, 1.807) is 137 Å². The number of aromatic amines is 1. The second-order valence-corrected chi connectivity index (χ2v) is 64.2. The molecule has 0 bridgehead atoms. The van der Waals surface area contributed by atoms with E-state index in [1.807, 2.05) is 77.3 Å². The van der Waals surface area contributed by atoms with Crippen LogP contribution in [-0.2, 0) is 80.9 Å². The van der Waals surface area contributed by atoms with Crippen molar-refractivity contribution >= 4 is 206 Å². The molecule has 825 valence electrons. The van der Waals surface area contributed by atoms with Crippen LogP contribution in [0.4, 0.5) is 56.3 Å². The molecule has 14 heterocycles. The van der Waals surface area contributed by atoms with Crippen LogP contribution in [0.1, 0.15) is 167 Å². The molecule has 11 N–H and O–H groups in total. The molecule has 0 aromatic carbocycles. The number of fused-ring (bicyclic) bond motifs is 4. The molecule has 4 aliphatic rings. The Morgan fingerprint density at radius 2 is 0.839 bits per heavy atom. The summed E-state index contributed by atoms with van der Waals surface area (Å²) in [6.07, 6.45) is 16.0. The molecule has 10 aromatic rings. The predicted molar refractivity (Wildman–Crippen MR) is 611 cm³/mol. The number of amides is 4. The van der Waals surface area contributed by atoms with E-state index in [-0.39, 0.29) is 121 Å². The van der Waals surface area contributed by atoms with Gasteiger partial charge in [0.1, 0.15) is 110 Å². The number of nitrogens with one attached hydrogen (secondary N) is 1. The molecule has 0 aliphatic carbocycles. The number of hydrogen-bond acceptors (Lipinski definition) is 36. The topological polar surface area (TPSA) is 538 Å². The Morgan fingerprint density at radius 1 is 0.503 bits per heavy atom. The average molecular weight is 2420 g/mol. The number of aromatic nitrogens is 18. The normalized spacial score (nSPS) is 15.4. The number of likely N-dealkylation sites (N-methyl/N-ethyl adjacent to an activating group) is 4. The number of thiazole rings is 2. The number of H-pyrrole nitrogens is 1. The van der Waals surface area contributed by atoms with Crippen molar-refractivity contribution < 1.29 is 74.1 Å². The summed E-state index contributed by atoms with van der Waals surface area (Å²) in [5, 5.41) is 35.3. The molecule has 1 unspecified atom stereocenters. The molecule has 53 heteroatoms. The molecule has 0 radical (unpaired) electrons. The molecule has 0 spiro atoms. The van der Waals surface area contributed by atoms with Crippen molar-refractivity contribution in [3.05, 3.63) is 96.9 Å². The summed E-state index contributed by atoms with van der Waals surface area (Å²) in [6, 6.07) is 9.53. The number of rotatable bonds is 34. The summed E-state index contributed by atoms with van der Waals surface area (Å²) >= 11 is 17.6. The van der Waals surface area contributed by atoms with Crippen LogP contribution in [0, 0.1) is 0 Å². The summed E-state index contributed by atoms with van der Waals surface area (Å²) in [5.74, 6) is 4.29. The van der Waals surface area contributed by atoms with E-state index in [0.29, 0.717) is 150 Å². The number of nitrogens with zero attached hydrogens (tertiary/aromatic N) is 25. The number of alkyl halides is 1. The number of hydrogen-bond donors (Lipinski definition) is 7. The fourth-order valence-electron chi connectivity index (χ4n) is 15.9. The van der Waals surface area contributed by atoms with Gasteiger partial charge in [-0.1, -0.05) is 125 Å². The number of carbonyl (C=O) groups excluding carboxylic acids is 7. The standard InChI is InChI=1S/C24H36N8O2SSi.C23H35BrN6O3Si.C23H36N6O3Si.C18H22N8OS.C4H8O2.C2H6O.CH4N2S.CH4O.2BrH.Cu/c1-8-16-23(33)30(4)18-13-26-21(29-22(18)32(16)15(2)3)20-19(28-24(25)35-20)17-9-10-27-31(17)14-34-11-12-36(5,6)7;1-8-16-23(32)28(4)18-13-25-21(27-22(18)30(16)15(2)3)19(24)20(31)17-9-10-26-29(17)14-33-11-12-34(5,6)7;1-8-17-23(31)27(4)19-14-24-21(26-22(19)29(17)16(2)3)13-20(30)18-9-10-25-28(18)15-32-11-12-33(5,6)7;1-5-11-17(27)25(4)12-8-20-15(23-16(12)26(11)9(2)3)14-13(22-18(19)28-14)10-6-7-21-24-10;1-3-6-4(2)5;1-2-3;2-1(3)4;1-2;;;/h9-10,13,15-16H,8,11-12,14H2,1-7H3,(H2,25,28);9-10,13,15-16,19H,8,11-12,14H2,1-7H3;9-10,14,16-17H,8,11-13,15H2,1-7H3;6-9,11H,5H2,1-4H3,(H2,19,22)(H,21,24);3H2,1-2H3;3H,2H2,1H3;(H4,2,3,4);2H,1H3;2*1H;/q;;;;;;;;;;+2/p-2/t16-;16-,19?;17-;11-;;;;;;;/m1111......./s1. The minimum atomic E-state index is -1.19. The molecule has 149 heavy (non-hydrogen) atoms. The zero-order valence-corrected chi connectivity index (χ0v) is 102. The van der Waals surface area contributed by atoms with Gasteiger partial charge in [-0.15, -0.1) is 0 Å². The number of halogens is 3. The van der Waals surface area contributed by atoms with E-state index in [9.17, 15) is 33.6 Å². The zero-order chi connectivity index (χ0) is 112. The third-order valence-electron chi connectivity index (χ3n) is 23.2. The number of aliphatic hydroxyl groups is 2. The summed E-state index contributed by atoms with van der Waals surface area (Å²) < 4.78 is 26.8. The Bertz CT molecular complexity index is 6000. The van der Waals surface area contributed by atoms with Crippen LogP contribution >= 0.6 is 79.0 Å². The maximum absolute atomic E-state index is 13.3. The van der Waals surface area contributed by atoms with Crippen molar-refractivity contribution in [1.82, 2.24) is 89.4 Å². The van der Waals surface area contributed by atoms with Gasteiger partial charge in [0.15, 0.2) is 61.9 Å². The van der Waals surface area contributed by atoms with Gasteiger partial charge < -0.3 is 91.3 Å². The van der Waals surface area contributed by atoms with Crippen LogP contribution in [0.25, 0.3) is 44.2 Å². The number of carbonyl (C=O) groups is 7. The fraction of sp³-hybridized carbons (Fsp3) is 0.562. The Labute approximate surface area is 919 Å². The molecule has 4 aliphatic heterocycles. The number of anilines is 10. The molecule has 5 atom stereocenters. The van der Waals surface area contributed by atoms with Crippen molar-refractivity contribution in [1.29, 1.82) is 0 Å². The van der Waals surface area contributed by atoms with Gasteiger partial charge in [-0.05, 0) is 150 Å². The average Bonchev–Trinajstić information content (AvgIpc) is 1.64. The molecule has 43 nitrogen and oxygen atoms in total. The van der Waals surface area contributed by atoms with Crippen LogP contribution in [0.3, 0.4) is 0 Å². The van der Waals surface area contributed by atoms with Gasteiger partial charge in [-0.2, -0.15) is 20.4 Å². The fourth-order valence-corrected chi connectivity index (χ4v) is 20.2. The van der Waals surface area contributed by atoms with Crippen LogP contribution < -0.4 is 62.1 Å². The van der Waals surface area contributed by atoms with Crippen molar-refractivity contribution in [3.8, 4) is 44.2 Å². The predicted octanol–water partition coefficient (Wildman–Crippen LogP) is 15.6. The summed E-state index contributed by atoms with van der Waals surface area (Å²) in [6.45, 7) is 53.6. The van der Waals surface area contributed by atoms with Gasteiger partial charge in [-0.25, -0.2) is 63.9 Å². The Balaban J connectivity index is 0.000000287. The number of Topliss-reactive ketones (excluding diaryl/α,β-unsaturated/α-hetero) is 2. The van der Waals surface area contributed by atoms with E-state index < -0.39 is 29.0 Å². The van der Waals surface area contributed by atoms with Gasteiger partial charge in [-0.3, -0.25) is 38.7 Å². The first-order valence-electron chi connectivity index (χ1n) is 49.0. The SMILES string of the molecule is CCO.CCOC(C)=O.CC[C@@H]1C(=O)N(C)c2cnc(-c3sc(N)nc3-c3ccn[nH]3)nc2N1C(C)C.CC[C@@H]1C(=O)N(C)c2cnc(-c3sc(N)nc3-c3ccnn3COCC[Si](C)(C)C)nc2N1C(C)C.CC[C@@H]1C(=O)N(C)c2cnc(C(Br)C(=O)c3ccnn3COCC[Si](C)(C)C)nc2N1C(C)C.CC[C@@H]1C(=O)N(C)c2cnc(CC(=O)c3ccnn3COCC[Si](C)(C)C)nc2N1C(C)C.CO.NC(N)=S.[Br][Cu][Br]. The summed E-state index contributed by atoms with van der Waals surface area (Å²) in [5.41, 5.74) is 27.9. The number of ketones is 2. The Hall–Kier alpha value is -9.99. The second-order valence-electron chi connectivity index (χ2n) is 39.2. The van der Waals surface area contributed by atoms with Crippen LogP contribution in [0.15, 0.2) is 73.8 Å². The molecule has 14 rings (SSSR count). The number of esters is 1.